The fraction of sp³-hybridized carbons (Fsp3) is 0.500. The van der Waals surface area contributed by atoms with Crippen molar-refractivity contribution in [3.8, 4) is 0 Å². The third-order valence-corrected chi connectivity index (χ3v) is 5.48. The Kier molecular flexibility index (Phi) is 7.11. The van der Waals surface area contributed by atoms with Crippen LogP contribution in [0.5, 0.6) is 0 Å². The molecule has 0 aliphatic rings. The molecule has 0 unspecified atom stereocenters. The standard InChI is InChI=1S/C12H16BrCl2NO2S/c1-16(6-4-2-3-5-13)19(17,18)12-8-10(14)7-11(15)9-12/h7-9H,2-6H2,1H3. The summed E-state index contributed by atoms with van der Waals surface area (Å²) in [6.07, 6.45) is 2.86. The molecule has 3 nitrogen and oxygen atoms in total. The first kappa shape index (κ1) is 17.2. The average Bonchev–Trinajstić information content (AvgIpc) is 2.33. The molecule has 0 atom stereocenters. The van der Waals surface area contributed by atoms with Crippen LogP contribution in [0.15, 0.2) is 23.1 Å². The van der Waals surface area contributed by atoms with E-state index < -0.39 is 10.0 Å². The van der Waals surface area contributed by atoms with Crippen molar-refractivity contribution in [2.45, 2.75) is 24.2 Å². The van der Waals surface area contributed by atoms with Crippen molar-refractivity contribution in [2.24, 2.45) is 0 Å². The molecular weight excluding hydrogens is 373 g/mol. The molecule has 1 rings (SSSR count). The number of hydrogen-bond donors (Lipinski definition) is 0. The first-order chi connectivity index (χ1) is 8.87. The minimum atomic E-state index is -3.52. The fourth-order valence-corrected chi connectivity index (χ4v) is 3.92. The van der Waals surface area contributed by atoms with Crippen molar-refractivity contribution in [1.82, 2.24) is 4.31 Å². The van der Waals surface area contributed by atoms with Crippen LogP contribution >= 0.6 is 39.1 Å². The number of unbranched alkanes of at least 4 members (excludes halogenated alkanes) is 2. The van der Waals surface area contributed by atoms with Gasteiger partial charge in [0.1, 0.15) is 0 Å². The maximum Gasteiger partial charge on any atom is 0.242 e. The smallest absolute Gasteiger partial charge is 0.207 e. The second kappa shape index (κ2) is 7.84. The maximum atomic E-state index is 12.3. The molecule has 0 spiro atoms. The number of halogens is 3. The van der Waals surface area contributed by atoms with E-state index in [0.29, 0.717) is 16.6 Å². The van der Waals surface area contributed by atoms with Crippen molar-refractivity contribution in [2.75, 3.05) is 18.9 Å². The second-order valence-electron chi connectivity index (χ2n) is 4.18. The number of alkyl halides is 1. The molecule has 0 saturated heterocycles. The molecule has 0 N–H and O–H groups in total. The maximum absolute atomic E-state index is 12.3. The van der Waals surface area contributed by atoms with Gasteiger partial charge in [-0.1, -0.05) is 45.6 Å². The highest BCUT2D eigenvalue weighted by molar-refractivity contribution is 9.09. The Labute approximate surface area is 133 Å². The third-order valence-electron chi connectivity index (χ3n) is 2.65. The number of hydrogen-bond acceptors (Lipinski definition) is 2. The van der Waals surface area contributed by atoms with Crippen LogP contribution in [0.1, 0.15) is 19.3 Å². The number of benzene rings is 1. The van der Waals surface area contributed by atoms with Gasteiger partial charge in [0.25, 0.3) is 0 Å². The Morgan fingerprint density at radius 1 is 1.11 bits per heavy atom. The second-order valence-corrected chi connectivity index (χ2v) is 7.89. The minimum Gasteiger partial charge on any atom is -0.207 e. The molecule has 0 saturated carbocycles. The van der Waals surface area contributed by atoms with Gasteiger partial charge in [0.2, 0.25) is 10.0 Å². The zero-order chi connectivity index (χ0) is 14.5. The average molecular weight is 389 g/mol. The lowest BCUT2D eigenvalue weighted by Gasteiger charge is -2.17. The van der Waals surface area contributed by atoms with Crippen molar-refractivity contribution in [3.63, 3.8) is 0 Å². The van der Waals surface area contributed by atoms with Gasteiger partial charge in [-0.25, -0.2) is 12.7 Å². The highest BCUT2D eigenvalue weighted by Crippen LogP contribution is 2.24. The van der Waals surface area contributed by atoms with Crippen LogP contribution in [0.3, 0.4) is 0 Å². The van der Waals surface area contributed by atoms with Gasteiger partial charge in [-0.05, 0) is 31.0 Å². The zero-order valence-electron chi connectivity index (χ0n) is 10.6. The van der Waals surface area contributed by atoms with Crippen LogP contribution in [-0.4, -0.2) is 31.6 Å². The summed E-state index contributed by atoms with van der Waals surface area (Å²) in [7, 11) is -1.95. The highest BCUT2D eigenvalue weighted by atomic mass is 79.9. The zero-order valence-corrected chi connectivity index (χ0v) is 14.5. The minimum absolute atomic E-state index is 0.132. The molecule has 0 fully saturated rings. The number of nitrogens with zero attached hydrogens (tertiary/aromatic N) is 1. The molecule has 19 heavy (non-hydrogen) atoms. The first-order valence-electron chi connectivity index (χ1n) is 5.86. The summed E-state index contributed by atoms with van der Waals surface area (Å²) in [4.78, 5) is 0.132. The van der Waals surface area contributed by atoms with E-state index in [4.69, 9.17) is 23.2 Å². The van der Waals surface area contributed by atoms with Gasteiger partial charge < -0.3 is 0 Å². The monoisotopic (exact) mass is 387 g/mol. The van der Waals surface area contributed by atoms with E-state index in [-0.39, 0.29) is 4.90 Å². The van der Waals surface area contributed by atoms with Crippen molar-refractivity contribution in [3.05, 3.63) is 28.2 Å². The fourth-order valence-electron chi connectivity index (χ4n) is 1.58. The lowest BCUT2D eigenvalue weighted by atomic mass is 10.2. The molecule has 0 radical (unpaired) electrons. The highest BCUT2D eigenvalue weighted by Gasteiger charge is 2.21. The Balaban J connectivity index is 2.79. The van der Waals surface area contributed by atoms with Crippen LogP contribution in [0.2, 0.25) is 10.0 Å². The molecule has 0 heterocycles. The van der Waals surface area contributed by atoms with E-state index in [1.54, 1.807) is 7.05 Å². The predicted octanol–water partition coefficient (Wildman–Crippen LogP) is 4.18. The van der Waals surface area contributed by atoms with Crippen LogP contribution in [-0.2, 0) is 10.0 Å². The third kappa shape index (κ3) is 5.23. The largest absolute Gasteiger partial charge is 0.242 e. The summed E-state index contributed by atoms with van der Waals surface area (Å²) in [6, 6.07) is 4.34. The molecule has 0 aromatic heterocycles. The Bertz CT molecular complexity index is 502. The lowest BCUT2D eigenvalue weighted by Crippen LogP contribution is -2.28. The first-order valence-corrected chi connectivity index (χ1v) is 9.18. The van der Waals surface area contributed by atoms with Crippen molar-refractivity contribution < 1.29 is 8.42 Å². The molecule has 0 bridgehead atoms. The van der Waals surface area contributed by atoms with E-state index in [2.05, 4.69) is 15.9 Å². The number of rotatable bonds is 7. The Morgan fingerprint density at radius 3 is 2.21 bits per heavy atom. The van der Waals surface area contributed by atoms with Gasteiger partial charge >= 0.3 is 0 Å². The molecular formula is C12H16BrCl2NO2S. The molecule has 1 aromatic rings. The molecule has 0 aliphatic heterocycles. The van der Waals surface area contributed by atoms with Gasteiger partial charge in [-0.3, -0.25) is 0 Å². The Morgan fingerprint density at radius 2 is 1.68 bits per heavy atom. The summed E-state index contributed by atoms with van der Waals surface area (Å²) in [5, 5.41) is 1.57. The number of sulfonamides is 1. The van der Waals surface area contributed by atoms with E-state index in [0.717, 1.165) is 24.6 Å². The van der Waals surface area contributed by atoms with Crippen molar-refractivity contribution >= 4 is 49.2 Å². The predicted molar refractivity (Wildman–Crippen MR) is 83.9 cm³/mol. The van der Waals surface area contributed by atoms with Crippen LogP contribution in [0, 0.1) is 0 Å². The van der Waals surface area contributed by atoms with Crippen LogP contribution in [0.4, 0.5) is 0 Å². The summed E-state index contributed by atoms with van der Waals surface area (Å²) < 4.78 is 25.9. The summed E-state index contributed by atoms with van der Waals surface area (Å²) in [5.74, 6) is 0. The van der Waals surface area contributed by atoms with Gasteiger partial charge in [0.05, 0.1) is 4.90 Å². The van der Waals surface area contributed by atoms with Gasteiger partial charge in [-0.2, -0.15) is 0 Å². The van der Waals surface area contributed by atoms with Gasteiger partial charge in [0, 0.05) is 29.0 Å². The van der Waals surface area contributed by atoms with Crippen LogP contribution in [0.25, 0.3) is 0 Å². The molecule has 108 valence electrons. The van der Waals surface area contributed by atoms with E-state index >= 15 is 0 Å². The van der Waals surface area contributed by atoms with Crippen LogP contribution < -0.4 is 0 Å². The van der Waals surface area contributed by atoms with Gasteiger partial charge in [-0.15, -0.1) is 0 Å². The summed E-state index contributed by atoms with van der Waals surface area (Å²) >= 11 is 15.0. The SMILES string of the molecule is CN(CCCCCBr)S(=O)(=O)c1cc(Cl)cc(Cl)c1. The lowest BCUT2D eigenvalue weighted by molar-refractivity contribution is 0.455. The van der Waals surface area contributed by atoms with E-state index in [1.165, 1.54) is 22.5 Å². The summed E-state index contributed by atoms with van der Waals surface area (Å²) in [6.45, 7) is 0.486. The van der Waals surface area contributed by atoms with Crippen molar-refractivity contribution in [1.29, 1.82) is 0 Å². The molecule has 7 heteroatoms. The molecule has 0 aliphatic carbocycles. The summed E-state index contributed by atoms with van der Waals surface area (Å²) in [5.41, 5.74) is 0. The quantitative estimate of drug-likeness (QED) is 0.519. The molecule has 1 aromatic carbocycles. The molecule has 0 amide bonds. The van der Waals surface area contributed by atoms with Gasteiger partial charge in [0.15, 0.2) is 0 Å². The Hall–Kier alpha value is 0.190. The topological polar surface area (TPSA) is 37.4 Å². The normalized spacial score (nSPS) is 12.1. The van der Waals surface area contributed by atoms with E-state index in [9.17, 15) is 8.42 Å². The van der Waals surface area contributed by atoms with E-state index in [1.807, 2.05) is 0 Å².